The molecule has 1 heterocycles. The minimum absolute atomic E-state index is 0.0231. The van der Waals surface area contributed by atoms with Crippen molar-refractivity contribution < 1.29 is 18.3 Å². The van der Waals surface area contributed by atoms with Gasteiger partial charge in [0.2, 0.25) is 10.0 Å². The maximum Gasteiger partial charge on any atom is 0.322 e. The predicted molar refractivity (Wildman–Crippen MR) is 78.3 cm³/mol. The van der Waals surface area contributed by atoms with Gasteiger partial charge < -0.3 is 5.11 Å². The highest BCUT2D eigenvalue weighted by atomic mass is 32.2. The highest BCUT2D eigenvalue weighted by Gasteiger charge is 2.28. The molecular weight excluding hydrogens is 292 g/mol. The van der Waals surface area contributed by atoms with Gasteiger partial charge in [0.15, 0.2) is 0 Å². The second-order valence-corrected chi connectivity index (χ2v) is 6.75. The third-order valence-corrected chi connectivity index (χ3v) is 4.54. The number of aliphatic carboxylic acids is 1. The lowest BCUT2D eigenvalue weighted by molar-refractivity contribution is -0.140. The predicted octanol–water partition coefficient (Wildman–Crippen LogP) is 1.62. The first-order chi connectivity index (χ1) is 9.81. The van der Waals surface area contributed by atoms with E-state index in [0.717, 1.165) is 0 Å². The molecule has 1 aromatic heterocycles. The summed E-state index contributed by atoms with van der Waals surface area (Å²) in [7, 11) is -3.90. The number of hydrogen-bond donors (Lipinski definition) is 2. The average Bonchev–Trinajstić information content (AvgIpc) is 2.43. The van der Waals surface area contributed by atoms with Crippen molar-refractivity contribution in [1.29, 1.82) is 0 Å². The van der Waals surface area contributed by atoms with Crippen molar-refractivity contribution in [2.24, 2.45) is 5.92 Å². The molecule has 0 amide bonds. The van der Waals surface area contributed by atoms with E-state index in [2.05, 4.69) is 9.71 Å². The number of carboxylic acids is 1. The number of fused-ring (bicyclic) bond motifs is 1. The van der Waals surface area contributed by atoms with Crippen LogP contribution in [0, 0.1) is 5.92 Å². The van der Waals surface area contributed by atoms with Crippen LogP contribution in [0.1, 0.15) is 13.8 Å². The molecule has 0 aliphatic rings. The van der Waals surface area contributed by atoms with Gasteiger partial charge in [-0.1, -0.05) is 19.9 Å². The maximum absolute atomic E-state index is 12.3. The highest BCUT2D eigenvalue weighted by Crippen LogP contribution is 2.18. The Morgan fingerprint density at radius 3 is 2.62 bits per heavy atom. The quantitative estimate of drug-likeness (QED) is 0.875. The molecule has 7 heteroatoms. The zero-order chi connectivity index (χ0) is 15.6. The molecule has 0 aliphatic heterocycles. The Balaban J connectivity index is 2.39. The van der Waals surface area contributed by atoms with E-state index in [0.29, 0.717) is 10.9 Å². The smallest absolute Gasteiger partial charge is 0.322 e. The van der Waals surface area contributed by atoms with E-state index in [1.807, 2.05) is 0 Å². The van der Waals surface area contributed by atoms with Crippen LogP contribution in [0.15, 0.2) is 41.4 Å². The monoisotopic (exact) mass is 308 g/mol. The third kappa shape index (κ3) is 3.37. The summed E-state index contributed by atoms with van der Waals surface area (Å²) in [6.07, 6.45) is 1.62. The fourth-order valence-electron chi connectivity index (χ4n) is 1.93. The van der Waals surface area contributed by atoms with Gasteiger partial charge in [-0.05, 0) is 30.2 Å². The molecule has 0 aliphatic carbocycles. The average molecular weight is 308 g/mol. The summed E-state index contributed by atoms with van der Waals surface area (Å²) in [5.74, 6) is -1.56. The Morgan fingerprint density at radius 2 is 2.00 bits per heavy atom. The normalized spacial score (nSPS) is 13.5. The first kappa shape index (κ1) is 15.4. The zero-order valence-electron chi connectivity index (χ0n) is 11.6. The highest BCUT2D eigenvalue weighted by molar-refractivity contribution is 7.89. The second kappa shape index (κ2) is 5.79. The molecule has 112 valence electrons. The Labute approximate surface area is 122 Å². The first-order valence-corrected chi connectivity index (χ1v) is 7.89. The largest absolute Gasteiger partial charge is 0.480 e. The zero-order valence-corrected chi connectivity index (χ0v) is 12.5. The topological polar surface area (TPSA) is 96.4 Å². The van der Waals surface area contributed by atoms with Crippen LogP contribution in [0.4, 0.5) is 0 Å². The summed E-state index contributed by atoms with van der Waals surface area (Å²) < 4.78 is 26.8. The van der Waals surface area contributed by atoms with Crippen LogP contribution < -0.4 is 4.72 Å². The molecule has 0 saturated heterocycles. The summed E-state index contributed by atoms with van der Waals surface area (Å²) in [6, 6.07) is 6.77. The van der Waals surface area contributed by atoms with Gasteiger partial charge in [0.05, 0.1) is 10.4 Å². The van der Waals surface area contributed by atoms with Gasteiger partial charge >= 0.3 is 5.97 Å². The van der Waals surface area contributed by atoms with E-state index >= 15 is 0 Å². The molecule has 1 atom stereocenters. The minimum atomic E-state index is -3.90. The molecule has 0 fully saturated rings. The number of sulfonamides is 1. The fourth-order valence-corrected chi connectivity index (χ4v) is 3.30. The number of hydrogen-bond acceptors (Lipinski definition) is 4. The molecule has 1 aromatic carbocycles. The SMILES string of the molecule is CC(C)[C@H](NS(=O)(=O)c1ccc2ncccc2c1)C(=O)O. The Morgan fingerprint density at radius 1 is 1.29 bits per heavy atom. The van der Waals surface area contributed by atoms with Gasteiger partial charge in [-0.25, -0.2) is 8.42 Å². The van der Waals surface area contributed by atoms with Gasteiger partial charge in [0.1, 0.15) is 6.04 Å². The van der Waals surface area contributed by atoms with E-state index in [1.165, 1.54) is 12.1 Å². The summed E-state index contributed by atoms with van der Waals surface area (Å²) in [5, 5.41) is 9.77. The van der Waals surface area contributed by atoms with Crippen LogP contribution in [0.5, 0.6) is 0 Å². The molecule has 0 spiro atoms. The van der Waals surface area contributed by atoms with Crippen LogP contribution >= 0.6 is 0 Å². The maximum atomic E-state index is 12.3. The van der Waals surface area contributed by atoms with Crippen molar-refractivity contribution in [1.82, 2.24) is 9.71 Å². The summed E-state index contributed by atoms with van der Waals surface area (Å²) in [5.41, 5.74) is 0.676. The van der Waals surface area contributed by atoms with E-state index in [9.17, 15) is 13.2 Å². The van der Waals surface area contributed by atoms with Crippen LogP contribution in [0.2, 0.25) is 0 Å². The second-order valence-electron chi connectivity index (χ2n) is 5.04. The number of benzene rings is 1. The molecule has 2 rings (SSSR count). The molecule has 0 unspecified atom stereocenters. The minimum Gasteiger partial charge on any atom is -0.480 e. The third-order valence-electron chi connectivity index (χ3n) is 3.10. The molecular formula is C14H16N2O4S. The Bertz CT molecular complexity index is 771. The standard InChI is InChI=1S/C14H16N2O4S/c1-9(2)13(14(17)18)16-21(19,20)11-5-6-12-10(8-11)4-3-7-15-12/h3-9,13,16H,1-2H3,(H,17,18)/t13-/m0/s1. The van der Waals surface area contributed by atoms with Crippen LogP contribution in [-0.2, 0) is 14.8 Å². The summed E-state index contributed by atoms with van der Waals surface area (Å²) in [4.78, 5) is 15.3. The van der Waals surface area contributed by atoms with E-state index < -0.39 is 22.0 Å². The number of carboxylic acid groups (broad SMARTS) is 1. The van der Waals surface area contributed by atoms with Gasteiger partial charge in [-0.15, -0.1) is 0 Å². The number of nitrogens with one attached hydrogen (secondary N) is 1. The molecule has 0 radical (unpaired) electrons. The van der Waals surface area contributed by atoms with Crippen molar-refractivity contribution in [2.75, 3.05) is 0 Å². The van der Waals surface area contributed by atoms with Crippen molar-refractivity contribution in [3.63, 3.8) is 0 Å². The number of carbonyl (C=O) groups is 1. The van der Waals surface area contributed by atoms with Crippen LogP contribution in [-0.4, -0.2) is 30.5 Å². The van der Waals surface area contributed by atoms with E-state index in [4.69, 9.17) is 5.11 Å². The fraction of sp³-hybridized carbons (Fsp3) is 0.286. The Kier molecular flexibility index (Phi) is 4.24. The first-order valence-electron chi connectivity index (χ1n) is 6.41. The van der Waals surface area contributed by atoms with Crippen molar-refractivity contribution >= 4 is 26.9 Å². The van der Waals surface area contributed by atoms with Crippen LogP contribution in [0.25, 0.3) is 10.9 Å². The van der Waals surface area contributed by atoms with Gasteiger partial charge in [-0.3, -0.25) is 9.78 Å². The van der Waals surface area contributed by atoms with Crippen molar-refractivity contribution in [2.45, 2.75) is 24.8 Å². The lowest BCUT2D eigenvalue weighted by Gasteiger charge is -2.18. The van der Waals surface area contributed by atoms with Gasteiger partial charge in [0, 0.05) is 11.6 Å². The molecule has 6 nitrogen and oxygen atoms in total. The molecule has 2 N–H and O–H groups in total. The molecule has 2 aromatic rings. The number of rotatable bonds is 5. The van der Waals surface area contributed by atoms with E-state index in [-0.39, 0.29) is 10.8 Å². The molecule has 21 heavy (non-hydrogen) atoms. The van der Waals surface area contributed by atoms with Crippen molar-refractivity contribution in [3.8, 4) is 0 Å². The number of aromatic nitrogens is 1. The van der Waals surface area contributed by atoms with E-state index in [1.54, 1.807) is 38.2 Å². The molecule has 0 bridgehead atoms. The van der Waals surface area contributed by atoms with Crippen molar-refractivity contribution in [3.05, 3.63) is 36.5 Å². The summed E-state index contributed by atoms with van der Waals surface area (Å²) >= 11 is 0. The lowest BCUT2D eigenvalue weighted by Crippen LogP contribution is -2.44. The van der Waals surface area contributed by atoms with Crippen LogP contribution in [0.3, 0.4) is 0 Å². The molecule has 0 saturated carbocycles. The van der Waals surface area contributed by atoms with Gasteiger partial charge in [0.25, 0.3) is 0 Å². The summed E-state index contributed by atoms with van der Waals surface area (Å²) in [6.45, 7) is 3.29. The lowest BCUT2D eigenvalue weighted by atomic mass is 10.1. The number of nitrogens with zero attached hydrogens (tertiary/aromatic N) is 1. The van der Waals surface area contributed by atoms with Gasteiger partial charge in [-0.2, -0.15) is 4.72 Å². The Hall–Kier alpha value is -1.99. The number of pyridine rings is 1.